The number of amides is 1. The normalized spacial score (nSPS) is 27.5. The summed E-state index contributed by atoms with van der Waals surface area (Å²) < 4.78 is 0. The largest absolute Gasteiger partial charge is 0.353 e. The fourth-order valence-corrected chi connectivity index (χ4v) is 3.95. The second-order valence-electron chi connectivity index (χ2n) is 6.57. The second-order valence-corrected chi connectivity index (χ2v) is 6.57. The Hall–Kier alpha value is -1.31. The summed E-state index contributed by atoms with van der Waals surface area (Å²) in [7, 11) is 0. The smallest absolute Gasteiger partial charge is 0.220 e. The highest BCUT2D eigenvalue weighted by Gasteiger charge is 2.34. The van der Waals surface area contributed by atoms with Gasteiger partial charge in [0.1, 0.15) is 0 Å². The van der Waals surface area contributed by atoms with Crippen molar-refractivity contribution in [2.75, 3.05) is 0 Å². The van der Waals surface area contributed by atoms with Crippen molar-refractivity contribution in [3.8, 4) is 0 Å². The van der Waals surface area contributed by atoms with Crippen LogP contribution in [0.1, 0.15) is 50.5 Å². The third kappa shape index (κ3) is 3.41. The molecule has 1 aromatic rings. The lowest BCUT2D eigenvalue weighted by Crippen LogP contribution is -2.32. The Labute approximate surface area is 122 Å². The van der Waals surface area contributed by atoms with E-state index in [4.69, 9.17) is 0 Å². The van der Waals surface area contributed by atoms with Crippen LogP contribution in [-0.4, -0.2) is 11.9 Å². The van der Waals surface area contributed by atoms with Crippen LogP contribution >= 0.6 is 0 Å². The lowest BCUT2D eigenvalue weighted by molar-refractivity contribution is -0.119. The van der Waals surface area contributed by atoms with Crippen LogP contribution in [0.25, 0.3) is 0 Å². The molecular weight excluding hydrogens is 246 g/mol. The summed E-state index contributed by atoms with van der Waals surface area (Å²) in [5.74, 6) is 1.66. The first-order valence-electron chi connectivity index (χ1n) is 8.14. The van der Waals surface area contributed by atoms with Crippen LogP contribution in [0.15, 0.2) is 30.3 Å². The van der Waals surface area contributed by atoms with Crippen LogP contribution < -0.4 is 5.32 Å². The topological polar surface area (TPSA) is 29.1 Å². The number of nitrogens with one attached hydrogen (secondary N) is 1. The molecule has 2 unspecified atom stereocenters. The molecule has 108 valence electrons. The zero-order valence-corrected chi connectivity index (χ0v) is 12.2. The van der Waals surface area contributed by atoms with Gasteiger partial charge in [0.25, 0.3) is 0 Å². The molecular formula is C18H25NO. The lowest BCUT2D eigenvalue weighted by atomic mass is 9.79. The summed E-state index contributed by atoms with van der Waals surface area (Å²) in [6.07, 6.45) is 9.93. The predicted octanol–water partition coefficient (Wildman–Crippen LogP) is 3.70. The van der Waals surface area contributed by atoms with Gasteiger partial charge in [0.15, 0.2) is 0 Å². The van der Waals surface area contributed by atoms with Crippen molar-refractivity contribution in [2.24, 2.45) is 11.8 Å². The zero-order chi connectivity index (χ0) is 13.8. The number of hydrogen-bond acceptors (Lipinski definition) is 1. The highest BCUT2D eigenvalue weighted by molar-refractivity contribution is 5.79. The van der Waals surface area contributed by atoms with Crippen molar-refractivity contribution in [2.45, 2.75) is 57.4 Å². The minimum Gasteiger partial charge on any atom is -0.353 e. The van der Waals surface area contributed by atoms with Crippen molar-refractivity contribution < 1.29 is 4.79 Å². The molecule has 1 aliphatic carbocycles. The van der Waals surface area contributed by atoms with E-state index in [1.165, 1.54) is 44.1 Å². The Morgan fingerprint density at radius 1 is 1.05 bits per heavy atom. The van der Waals surface area contributed by atoms with Crippen molar-refractivity contribution in [1.29, 1.82) is 0 Å². The zero-order valence-electron chi connectivity index (χ0n) is 12.2. The number of rotatable bonds is 4. The molecule has 2 nitrogen and oxygen atoms in total. The molecule has 20 heavy (non-hydrogen) atoms. The minimum atomic E-state index is 0.256. The molecule has 1 heterocycles. The first-order valence-corrected chi connectivity index (χ1v) is 8.14. The maximum absolute atomic E-state index is 11.8. The molecule has 0 radical (unpaired) electrons. The van der Waals surface area contributed by atoms with Gasteiger partial charge < -0.3 is 5.32 Å². The highest BCUT2D eigenvalue weighted by atomic mass is 16.2. The first-order chi connectivity index (χ1) is 9.81. The van der Waals surface area contributed by atoms with E-state index in [0.29, 0.717) is 12.0 Å². The van der Waals surface area contributed by atoms with E-state index >= 15 is 0 Å². The Morgan fingerprint density at radius 2 is 1.80 bits per heavy atom. The summed E-state index contributed by atoms with van der Waals surface area (Å²) in [5, 5.41) is 3.20. The fraction of sp³-hybridized carbons (Fsp3) is 0.611. The van der Waals surface area contributed by atoms with E-state index in [2.05, 4.69) is 35.6 Å². The highest BCUT2D eigenvalue weighted by Crippen LogP contribution is 2.33. The third-order valence-electron chi connectivity index (χ3n) is 5.02. The van der Waals surface area contributed by atoms with Crippen molar-refractivity contribution in [1.82, 2.24) is 5.32 Å². The molecule has 0 bridgehead atoms. The molecule has 3 rings (SSSR count). The fourth-order valence-electron chi connectivity index (χ4n) is 3.95. The van der Waals surface area contributed by atoms with Gasteiger partial charge in [-0.1, -0.05) is 62.4 Å². The van der Waals surface area contributed by atoms with Crippen LogP contribution in [-0.2, 0) is 11.2 Å². The molecule has 1 aliphatic heterocycles. The van der Waals surface area contributed by atoms with Crippen LogP contribution in [0.5, 0.6) is 0 Å². The van der Waals surface area contributed by atoms with Crippen LogP contribution in [0.2, 0.25) is 0 Å². The second kappa shape index (κ2) is 6.43. The summed E-state index contributed by atoms with van der Waals surface area (Å²) in [6.45, 7) is 0. The number of hydrogen-bond donors (Lipinski definition) is 1. The Bertz CT molecular complexity index is 436. The summed E-state index contributed by atoms with van der Waals surface area (Å²) >= 11 is 0. The van der Waals surface area contributed by atoms with Gasteiger partial charge in [-0.25, -0.2) is 0 Å². The van der Waals surface area contributed by atoms with E-state index in [1.54, 1.807) is 0 Å². The maximum Gasteiger partial charge on any atom is 0.220 e. The van der Waals surface area contributed by atoms with Gasteiger partial charge in [0.2, 0.25) is 5.91 Å². The van der Waals surface area contributed by atoms with Crippen LogP contribution in [0, 0.1) is 11.8 Å². The SMILES string of the molecule is O=C1CC(CC2CCCCC2)C(Cc2ccccc2)N1. The van der Waals surface area contributed by atoms with Gasteiger partial charge >= 0.3 is 0 Å². The Morgan fingerprint density at radius 3 is 2.55 bits per heavy atom. The average Bonchev–Trinajstić information content (AvgIpc) is 2.81. The molecule has 1 N–H and O–H groups in total. The standard InChI is InChI=1S/C18H25NO/c20-18-13-16(11-14-7-3-1-4-8-14)17(19-18)12-15-9-5-2-6-10-15/h2,5-6,9-10,14,16-17H,1,3-4,7-8,11-13H2,(H,19,20). The number of benzene rings is 1. The predicted molar refractivity (Wildman–Crippen MR) is 81.4 cm³/mol. The lowest BCUT2D eigenvalue weighted by Gasteiger charge is -2.27. The van der Waals surface area contributed by atoms with Crippen LogP contribution in [0.3, 0.4) is 0 Å². The molecule has 2 atom stereocenters. The van der Waals surface area contributed by atoms with Crippen molar-refractivity contribution >= 4 is 5.91 Å². The molecule has 0 aromatic heterocycles. The molecule has 2 aliphatic rings. The summed E-state index contributed by atoms with van der Waals surface area (Å²) in [6, 6.07) is 10.9. The monoisotopic (exact) mass is 271 g/mol. The van der Waals surface area contributed by atoms with Crippen molar-refractivity contribution in [3.05, 3.63) is 35.9 Å². The van der Waals surface area contributed by atoms with Gasteiger partial charge in [0.05, 0.1) is 0 Å². The molecule has 1 amide bonds. The molecule has 1 aromatic carbocycles. The summed E-state index contributed by atoms with van der Waals surface area (Å²) in [4.78, 5) is 11.8. The van der Waals surface area contributed by atoms with E-state index in [-0.39, 0.29) is 5.91 Å². The molecule has 2 heteroatoms. The van der Waals surface area contributed by atoms with E-state index in [1.807, 2.05) is 0 Å². The number of carbonyl (C=O) groups is 1. The maximum atomic E-state index is 11.8. The van der Waals surface area contributed by atoms with E-state index < -0.39 is 0 Å². The Balaban J connectivity index is 1.61. The Kier molecular flexibility index (Phi) is 4.39. The molecule has 1 saturated heterocycles. The molecule has 2 fully saturated rings. The van der Waals surface area contributed by atoms with Crippen LogP contribution in [0.4, 0.5) is 0 Å². The van der Waals surface area contributed by atoms with Gasteiger partial charge in [-0.2, -0.15) is 0 Å². The van der Waals surface area contributed by atoms with E-state index in [0.717, 1.165) is 18.8 Å². The summed E-state index contributed by atoms with van der Waals surface area (Å²) in [5.41, 5.74) is 1.34. The van der Waals surface area contributed by atoms with Gasteiger partial charge in [-0.05, 0) is 30.2 Å². The average molecular weight is 271 g/mol. The minimum absolute atomic E-state index is 0.256. The van der Waals surface area contributed by atoms with Gasteiger partial charge in [-0.3, -0.25) is 4.79 Å². The number of carbonyl (C=O) groups excluding carboxylic acids is 1. The molecule has 1 saturated carbocycles. The van der Waals surface area contributed by atoms with Gasteiger partial charge in [0, 0.05) is 12.5 Å². The third-order valence-corrected chi connectivity index (χ3v) is 5.02. The quantitative estimate of drug-likeness (QED) is 0.888. The van der Waals surface area contributed by atoms with Crippen molar-refractivity contribution in [3.63, 3.8) is 0 Å². The first kappa shape index (κ1) is 13.7. The van der Waals surface area contributed by atoms with Gasteiger partial charge in [-0.15, -0.1) is 0 Å². The molecule has 0 spiro atoms. The van der Waals surface area contributed by atoms with E-state index in [9.17, 15) is 4.79 Å².